The van der Waals surface area contributed by atoms with Crippen molar-refractivity contribution in [3.05, 3.63) is 52.3 Å². The minimum Gasteiger partial charge on any atom is -0.506 e. The summed E-state index contributed by atoms with van der Waals surface area (Å²) in [5.41, 5.74) is 4.08. The smallest absolute Gasteiger partial charge is 0.258 e. The molecule has 174 valence electrons. The molecule has 0 fully saturated rings. The average Bonchev–Trinajstić information content (AvgIpc) is 3.25. The van der Waals surface area contributed by atoms with Crippen molar-refractivity contribution in [2.24, 2.45) is 0 Å². The van der Waals surface area contributed by atoms with E-state index in [0.29, 0.717) is 29.1 Å². The normalized spacial score (nSPS) is 13.7. The zero-order chi connectivity index (χ0) is 23.8. The summed E-state index contributed by atoms with van der Waals surface area (Å²) in [6.07, 6.45) is 3.70. The summed E-state index contributed by atoms with van der Waals surface area (Å²) in [5, 5.41) is 25.2. The number of phenolic OH excluding ortho intramolecular Hbond substituents is 1. The molecule has 8 nitrogen and oxygen atoms in total. The number of aryl methyl sites for hydroxylation is 2. The number of phenols is 1. The molecule has 3 aromatic rings. The van der Waals surface area contributed by atoms with E-state index < -0.39 is 5.60 Å². The third-order valence-corrected chi connectivity index (χ3v) is 6.19. The van der Waals surface area contributed by atoms with Crippen LogP contribution >= 0.6 is 0 Å². The standard InChI is InChI=1S/C25H31N5O3/c1-6-7-8-9-16-13-19-22(17-12-15(2)10-11-18(17)25(3,4)33-19)23(31)21(16)24(32)30(5)14-20-26-28-29-27-20/h10-13,31H,6-9,14H2,1-5H3,(H,26,27,28,29). The summed E-state index contributed by atoms with van der Waals surface area (Å²) in [6.45, 7) is 8.41. The number of unbranched alkanes of at least 4 members (excludes halogenated alkanes) is 2. The summed E-state index contributed by atoms with van der Waals surface area (Å²) in [4.78, 5) is 15.1. The molecule has 0 bridgehead atoms. The zero-order valence-electron chi connectivity index (χ0n) is 19.9. The lowest BCUT2D eigenvalue weighted by Crippen LogP contribution is -2.31. The van der Waals surface area contributed by atoms with E-state index in [9.17, 15) is 9.90 Å². The van der Waals surface area contributed by atoms with Crippen LogP contribution in [0.4, 0.5) is 0 Å². The minimum atomic E-state index is -0.551. The fourth-order valence-electron chi connectivity index (χ4n) is 4.49. The first kappa shape index (κ1) is 22.8. The van der Waals surface area contributed by atoms with Gasteiger partial charge in [0.25, 0.3) is 5.91 Å². The molecule has 1 aliphatic heterocycles. The maximum absolute atomic E-state index is 13.6. The molecular formula is C25H31N5O3. The maximum atomic E-state index is 13.6. The Kier molecular flexibility index (Phi) is 6.10. The minimum absolute atomic E-state index is 0.0334. The molecule has 1 aromatic heterocycles. The quantitative estimate of drug-likeness (QED) is 0.514. The number of carbonyl (C=O) groups is 1. The highest BCUT2D eigenvalue weighted by Crippen LogP contribution is 2.51. The van der Waals surface area contributed by atoms with Crippen LogP contribution in [0, 0.1) is 6.92 Å². The largest absolute Gasteiger partial charge is 0.506 e. The van der Waals surface area contributed by atoms with Gasteiger partial charge in [0.1, 0.15) is 17.1 Å². The van der Waals surface area contributed by atoms with Crippen molar-refractivity contribution >= 4 is 5.91 Å². The van der Waals surface area contributed by atoms with Crippen molar-refractivity contribution in [2.75, 3.05) is 7.05 Å². The van der Waals surface area contributed by atoms with Crippen LogP contribution in [0.2, 0.25) is 0 Å². The monoisotopic (exact) mass is 449 g/mol. The van der Waals surface area contributed by atoms with E-state index >= 15 is 0 Å². The van der Waals surface area contributed by atoms with Gasteiger partial charge in [-0.15, -0.1) is 5.10 Å². The highest BCUT2D eigenvalue weighted by Gasteiger charge is 2.37. The van der Waals surface area contributed by atoms with Crippen molar-refractivity contribution in [3.63, 3.8) is 0 Å². The predicted molar refractivity (Wildman–Crippen MR) is 125 cm³/mol. The van der Waals surface area contributed by atoms with Gasteiger partial charge in [0, 0.05) is 12.6 Å². The van der Waals surface area contributed by atoms with Crippen LogP contribution in [-0.2, 0) is 18.6 Å². The molecule has 8 heteroatoms. The van der Waals surface area contributed by atoms with Crippen LogP contribution in [0.3, 0.4) is 0 Å². The van der Waals surface area contributed by atoms with Crippen LogP contribution in [0.1, 0.15) is 72.9 Å². The second-order valence-electron chi connectivity index (χ2n) is 9.26. The molecule has 33 heavy (non-hydrogen) atoms. The Hall–Kier alpha value is -3.42. The fraction of sp³-hybridized carbons (Fsp3) is 0.440. The van der Waals surface area contributed by atoms with E-state index in [1.165, 1.54) is 4.90 Å². The molecule has 0 saturated carbocycles. The molecule has 2 aromatic carbocycles. The number of nitrogens with one attached hydrogen (secondary N) is 1. The third kappa shape index (κ3) is 4.29. The van der Waals surface area contributed by atoms with Gasteiger partial charge in [-0.25, -0.2) is 5.10 Å². The second kappa shape index (κ2) is 8.84. The van der Waals surface area contributed by atoms with Crippen LogP contribution in [0.25, 0.3) is 11.1 Å². The summed E-state index contributed by atoms with van der Waals surface area (Å²) < 4.78 is 6.38. The molecule has 0 atom stereocenters. The number of amides is 1. The summed E-state index contributed by atoms with van der Waals surface area (Å²) in [6, 6.07) is 8.06. The SMILES string of the molecule is CCCCCc1cc2c(c(O)c1C(=O)N(C)Cc1nnn[nH]1)-c1cc(C)ccc1C(C)(C)O2. The lowest BCUT2D eigenvalue weighted by Gasteiger charge is -2.36. The van der Waals surface area contributed by atoms with E-state index in [1.807, 2.05) is 45.0 Å². The van der Waals surface area contributed by atoms with Gasteiger partial charge < -0.3 is 14.7 Å². The highest BCUT2D eigenvalue weighted by atomic mass is 16.5. The first-order chi connectivity index (χ1) is 15.7. The number of nitrogens with zero attached hydrogens (tertiary/aromatic N) is 4. The van der Waals surface area contributed by atoms with Crippen molar-refractivity contribution < 1.29 is 14.6 Å². The van der Waals surface area contributed by atoms with E-state index in [0.717, 1.165) is 41.5 Å². The number of ether oxygens (including phenoxy) is 1. The zero-order valence-corrected chi connectivity index (χ0v) is 19.9. The Bertz CT molecular complexity index is 1170. The number of hydrogen-bond acceptors (Lipinski definition) is 6. The summed E-state index contributed by atoms with van der Waals surface area (Å²) in [7, 11) is 1.68. The molecule has 0 aliphatic carbocycles. The van der Waals surface area contributed by atoms with Crippen LogP contribution in [0.15, 0.2) is 24.3 Å². The summed E-state index contributed by atoms with van der Waals surface area (Å²) in [5.74, 6) is 0.772. The molecule has 2 N–H and O–H groups in total. The Morgan fingerprint density at radius 2 is 2.03 bits per heavy atom. The number of aromatic amines is 1. The Balaban J connectivity index is 1.85. The van der Waals surface area contributed by atoms with Crippen molar-refractivity contribution in [2.45, 2.75) is 65.5 Å². The number of carbonyl (C=O) groups excluding carboxylic acids is 1. The fourth-order valence-corrected chi connectivity index (χ4v) is 4.49. The molecule has 2 heterocycles. The molecule has 1 amide bonds. The number of aromatic nitrogens is 4. The maximum Gasteiger partial charge on any atom is 0.258 e. The Morgan fingerprint density at radius 1 is 1.24 bits per heavy atom. The topological polar surface area (TPSA) is 104 Å². The number of fused-ring (bicyclic) bond motifs is 3. The Labute approximate surface area is 194 Å². The van der Waals surface area contributed by atoms with Gasteiger partial charge in [0.05, 0.1) is 17.7 Å². The number of benzene rings is 2. The molecule has 0 spiro atoms. The first-order valence-corrected chi connectivity index (χ1v) is 11.4. The predicted octanol–water partition coefficient (Wildman–Crippen LogP) is 4.51. The van der Waals surface area contributed by atoms with Crippen LogP contribution < -0.4 is 4.74 Å². The van der Waals surface area contributed by atoms with Gasteiger partial charge in [-0.2, -0.15) is 0 Å². The summed E-state index contributed by atoms with van der Waals surface area (Å²) >= 11 is 0. The highest BCUT2D eigenvalue weighted by molar-refractivity contribution is 6.02. The first-order valence-electron chi connectivity index (χ1n) is 11.4. The van der Waals surface area contributed by atoms with Gasteiger partial charge in [-0.05, 0) is 61.2 Å². The van der Waals surface area contributed by atoms with Crippen molar-refractivity contribution in [3.8, 4) is 22.6 Å². The number of rotatable bonds is 7. The van der Waals surface area contributed by atoms with E-state index in [1.54, 1.807) is 7.05 Å². The van der Waals surface area contributed by atoms with Crippen molar-refractivity contribution in [1.29, 1.82) is 0 Å². The number of hydrogen-bond donors (Lipinski definition) is 2. The lowest BCUT2D eigenvalue weighted by molar-refractivity contribution is 0.0776. The average molecular weight is 450 g/mol. The molecule has 1 aliphatic rings. The molecule has 0 unspecified atom stereocenters. The van der Waals surface area contributed by atoms with Gasteiger partial charge in [-0.3, -0.25) is 4.79 Å². The van der Waals surface area contributed by atoms with E-state index in [-0.39, 0.29) is 18.2 Å². The number of aromatic hydroxyl groups is 1. The molecule has 4 rings (SSSR count). The van der Waals surface area contributed by atoms with Gasteiger partial charge in [0.2, 0.25) is 0 Å². The number of tetrazole rings is 1. The molecule has 0 radical (unpaired) electrons. The van der Waals surface area contributed by atoms with Crippen LogP contribution in [-0.4, -0.2) is 43.6 Å². The lowest BCUT2D eigenvalue weighted by atomic mass is 9.83. The third-order valence-electron chi connectivity index (χ3n) is 6.19. The molecule has 0 saturated heterocycles. The number of H-pyrrole nitrogens is 1. The van der Waals surface area contributed by atoms with Gasteiger partial charge >= 0.3 is 0 Å². The Morgan fingerprint density at radius 3 is 2.73 bits per heavy atom. The second-order valence-corrected chi connectivity index (χ2v) is 9.26. The molecular weight excluding hydrogens is 418 g/mol. The van der Waals surface area contributed by atoms with Gasteiger partial charge in [0.15, 0.2) is 5.82 Å². The van der Waals surface area contributed by atoms with E-state index in [4.69, 9.17) is 4.74 Å². The van der Waals surface area contributed by atoms with Crippen LogP contribution in [0.5, 0.6) is 11.5 Å². The van der Waals surface area contributed by atoms with Crippen molar-refractivity contribution in [1.82, 2.24) is 25.5 Å². The van der Waals surface area contributed by atoms with Gasteiger partial charge in [-0.1, -0.05) is 43.5 Å². The van der Waals surface area contributed by atoms with E-state index in [2.05, 4.69) is 27.5 Å².